The quantitative estimate of drug-likeness (QED) is 0.428. The van der Waals surface area contributed by atoms with E-state index in [1.165, 1.54) is 0 Å². The van der Waals surface area contributed by atoms with Crippen LogP contribution in [0.2, 0.25) is 0 Å². The molecule has 0 saturated heterocycles. The largest absolute Gasteiger partial charge is 0.480 e. The Balaban J connectivity index is 1.64. The van der Waals surface area contributed by atoms with Gasteiger partial charge in [0.25, 0.3) is 5.91 Å². The summed E-state index contributed by atoms with van der Waals surface area (Å²) in [6.07, 6.45) is 6.12. The number of nitrogens with one attached hydrogen (secondary N) is 1. The van der Waals surface area contributed by atoms with Crippen LogP contribution in [0.3, 0.4) is 0 Å². The summed E-state index contributed by atoms with van der Waals surface area (Å²) in [6, 6.07) is 17.5. The summed E-state index contributed by atoms with van der Waals surface area (Å²) < 4.78 is 2.01. The Morgan fingerprint density at radius 2 is 1.74 bits per heavy atom. The highest BCUT2D eigenvalue weighted by atomic mass is 16.4. The van der Waals surface area contributed by atoms with Gasteiger partial charge in [-0.1, -0.05) is 68.0 Å². The van der Waals surface area contributed by atoms with E-state index in [4.69, 9.17) is 0 Å². The predicted octanol–water partition coefficient (Wildman–Crippen LogP) is 4.77. The van der Waals surface area contributed by atoms with Crippen molar-refractivity contribution in [3.8, 4) is 0 Å². The van der Waals surface area contributed by atoms with Gasteiger partial charge >= 0.3 is 5.97 Å². The maximum atomic E-state index is 12.6. The van der Waals surface area contributed by atoms with Crippen LogP contribution in [0.1, 0.15) is 51.4 Å². The minimum atomic E-state index is -1.05. The van der Waals surface area contributed by atoms with Crippen molar-refractivity contribution in [1.82, 2.24) is 9.88 Å². The van der Waals surface area contributed by atoms with Crippen LogP contribution in [0.15, 0.2) is 72.9 Å². The Morgan fingerprint density at radius 1 is 1.00 bits per heavy atom. The molecule has 2 N–H and O–H groups in total. The Morgan fingerprint density at radius 3 is 2.41 bits per heavy atom. The molecule has 0 spiro atoms. The van der Waals surface area contributed by atoms with E-state index in [-0.39, 0.29) is 11.7 Å². The van der Waals surface area contributed by atoms with E-state index in [0.717, 1.165) is 16.8 Å². The van der Waals surface area contributed by atoms with E-state index < -0.39 is 17.9 Å². The first-order valence-corrected chi connectivity index (χ1v) is 11.3. The van der Waals surface area contributed by atoms with Gasteiger partial charge in [0, 0.05) is 29.6 Å². The summed E-state index contributed by atoms with van der Waals surface area (Å²) in [7, 11) is 0. The number of carboxylic acids is 1. The zero-order chi connectivity index (χ0) is 24.7. The van der Waals surface area contributed by atoms with Crippen molar-refractivity contribution in [1.29, 1.82) is 0 Å². The van der Waals surface area contributed by atoms with Gasteiger partial charge in [-0.3, -0.25) is 9.59 Å². The van der Waals surface area contributed by atoms with Gasteiger partial charge in [-0.2, -0.15) is 0 Å². The van der Waals surface area contributed by atoms with E-state index in [1.807, 2.05) is 72.3 Å². The minimum Gasteiger partial charge on any atom is -0.480 e. The van der Waals surface area contributed by atoms with Crippen LogP contribution in [-0.2, 0) is 17.8 Å². The number of aliphatic carboxylic acids is 1. The molecule has 0 saturated carbocycles. The van der Waals surface area contributed by atoms with Crippen molar-refractivity contribution in [2.24, 2.45) is 5.92 Å². The number of rotatable bonds is 10. The Labute approximate surface area is 199 Å². The van der Waals surface area contributed by atoms with Gasteiger partial charge in [0.15, 0.2) is 5.78 Å². The standard InChI is InChI=1S/C28H30N2O4/c1-19(2)26(28(33)34)29-27(32)23-9-4-7-21(17-23)8-5-15-30-16-6-10-24(30)18-25(31)22-13-11-20(3)12-14-22/h4-14,16-17,19,26H,15,18H2,1-3H3,(H,29,32)(H,33,34)/b8-5+/t26-/m0/s1. The third kappa shape index (κ3) is 6.54. The molecule has 6 nitrogen and oxygen atoms in total. The number of carbonyl (C=O) groups excluding carboxylic acids is 2. The number of benzene rings is 2. The number of aryl methyl sites for hydroxylation is 1. The number of nitrogens with zero attached hydrogens (tertiary/aromatic N) is 1. The number of amides is 1. The summed E-state index contributed by atoms with van der Waals surface area (Å²) in [4.78, 5) is 36.5. The molecule has 0 aliphatic heterocycles. The average Bonchev–Trinajstić information content (AvgIpc) is 3.24. The number of hydrogen-bond donors (Lipinski definition) is 2. The van der Waals surface area contributed by atoms with Crippen LogP contribution in [0, 0.1) is 12.8 Å². The van der Waals surface area contributed by atoms with Crippen molar-refractivity contribution < 1.29 is 19.5 Å². The third-order valence-electron chi connectivity index (χ3n) is 5.62. The third-order valence-corrected chi connectivity index (χ3v) is 5.62. The van der Waals surface area contributed by atoms with Crippen LogP contribution in [0.5, 0.6) is 0 Å². The predicted molar refractivity (Wildman–Crippen MR) is 133 cm³/mol. The van der Waals surface area contributed by atoms with Gasteiger partial charge in [-0.25, -0.2) is 4.79 Å². The normalized spacial score (nSPS) is 12.1. The molecule has 0 fully saturated rings. The molecular formula is C28H30N2O4. The summed E-state index contributed by atoms with van der Waals surface area (Å²) in [5.41, 5.74) is 3.98. The van der Waals surface area contributed by atoms with Gasteiger partial charge in [0.1, 0.15) is 6.04 Å². The van der Waals surface area contributed by atoms with Gasteiger partial charge in [0.05, 0.1) is 6.42 Å². The molecule has 34 heavy (non-hydrogen) atoms. The van der Waals surface area contributed by atoms with Crippen molar-refractivity contribution in [3.05, 3.63) is 101 Å². The first-order valence-electron chi connectivity index (χ1n) is 11.3. The molecule has 2 aromatic carbocycles. The number of allylic oxidation sites excluding steroid dienone is 1. The number of carboxylic acid groups (broad SMARTS) is 1. The number of Topliss-reactive ketones (excluding diaryl/α,β-unsaturated/α-hetero) is 1. The molecule has 0 aliphatic carbocycles. The minimum absolute atomic E-state index is 0.0729. The SMILES string of the molecule is Cc1ccc(C(=O)Cc2cccn2C/C=C/c2cccc(C(=O)N[C@H](C(=O)O)C(C)C)c2)cc1. The summed E-state index contributed by atoms with van der Waals surface area (Å²) >= 11 is 0. The fourth-order valence-corrected chi connectivity index (χ4v) is 3.62. The van der Waals surface area contributed by atoms with E-state index >= 15 is 0 Å². The van der Waals surface area contributed by atoms with E-state index in [1.54, 1.807) is 32.0 Å². The topological polar surface area (TPSA) is 88.4 Å². The summed E-state index contributed by atoms with van der Waals surface area (Å²) in [6.45, 7) is 6.07. The number of hydrogen-bond acceptors (Lipinski definition) is 3. The van der Waals surface area contributed by atoms with Crippen LogP contribution < -0.4 is 5.32 Å². The molecule has 0 bridgehead atoms. The molecule has 1 atom stereocenters. The first kappa shape index (κ1) is 24.7. The maximum absolute atomic E-state index is 12.6. The maximum Gasteiger partial charge on any atom is 0.326 e. The smallest absolute Gasteiger partial charge is 0.326 e. The molecule has 0 radical (unpaired) electrons. The van der Waals surface area contributed by atoms with E-state index in [9.17, 15) is 19.5 Å². The highest BCUT2D eigenvalue weighted by molar-refractivity contribution is 5.97. The Bertz CT molecular complexity index is 1190. The second-order valence-electron chi connectivity index (χ2n) is 8.68. The van der Waals surface area contributed by atoms with Gasteiger partial charge in [-0.05, 0) is 42.7 Å². The average molecular weight is 459 g/mol. The highest BCUT2D eigenvalue weighted by Crippen LogP contribution is 2.13. The monoisotopic (exact) mass is 458 g/mol. The van der Waals surface area contributed by atoms with Gasteiger partial charge < -0.3 is 15.0 Å². The Kier molecular flexibility index (Phi) is 8.19. The summed E-state index contributed by atoms with van der Waals surface area (Å²) in [5.74, 6) is -1.62. The van der Waals surface area contributed by atoms with Gasteiger partial charge in [0.2, 0.25) is 0 Å². The molecule has 3 aromatic rings. The number of carbonyl (C=O) groups is 3. The lowest BCUT2D eigenvalue weighted by Crippen LogP contribution is -2.44. The molecule has 176 valence electrons. The molecule has 0 unspecified atom stereocenters. The van der Waals surface area contributed by atoms with Crippen LogP contribution in [0.25, 0.3) is 6.08 Å². The summed E-state index contributed by atoms with van der Waals surface area (Å²) in [5, 5.41) is 11.9. The van der Waals surface area contributed by atoms with Crippen molar-refractivity contribution >= 4 is 23.7 Å². The van der Waals surface area contributed by atoms with Crippen molar-refractivity contribution in [2.75, 3.05) is 0 Å². The molecule has 1 heterocycles. The second-order valence-corrected chi connectivity index (χ2v) is 8.68. The molecule has 6 heteroatoms. The van der Waals surface area contributed by atoms with Crippen LogP contribution >= 0.6 is 0 Å². The lowest BCUT2D eigenvalue weighted by Gasteiger charge is -2.18. The van der Waals surface area contributed by atoms with Crippen LogP contribution in [-0.4, -0.2) is 33.4 Å². The zero-order valence-corrected chi connectivity index (χ0v) is 19.7. The van der Waals surface area contributed by atoms with Crippen molar-refractivity contribution in [3.63, 3.8) is 0 Å². The van der Waals surface area contributed by atoms with Crippen molar-refractivity contribution in [2.45, 2.75) is 39.8 Å². The fraction of sp³-hybridized carbons (Fsp3) is 0.250. The zero-order valence-electron chi connectivity index (χ0n) is 19.7. The molecule has 0 aliphatic rings. The first-order chi connectivity index (χ1) is 16.2. The van der Waals surface area contributed by atoms with Gasteiger partial charge in [-0.15, -0.1) is 0 Å². The number of aromatic nitrogens is 1. The molecule has 1 amide bonds. The second kappa shape index (κ2) is 11.3. The Hall–Kier alpha value is -3.93. The van der Waals surface area contributed by atoms with E-state index in [0.29, 0.717) is 24.1 Å². The molecular weight excluding hydrogens is 428 g/mol. The lowest BCUT2D eigenvalue weighted by atomic mass is 10.0. The van der Waals surface area contributed by atoms with Crippen LogP contribution in [0.4, 0.5) is 0 Å². The van der Waals surface area contributed by atoms with E-state index in [2.05, 4.69) is 5.32 Å². The highest BCUT2D eigenvalue weighted by Gasteiger charge is 2.23. The lowest BCUT2D eigenvalue weighted by molar-refractivity contribution is -0.140. The fourth-order valence-electron chi connectivity index (χ4n) is 3.62. The number of ketones is 1. The molecule has 1 aromatic heterocycles. The molecule has 3 rings (SSSR count).